The molecule has 208 valence electrons. The van der Waals surface area contributed by atoms with E-state index in [1.165, 1.54) is 16.7 Å². The lowest BCUT2D eigenvalue weighted by molar-refractivity contribution is 0.0792. The molecule has 1 amide bonds. The number of fused-ring (bicyclic) bond motifs is 1. The summed E-state index contributed by atoms with van der Waals surface area (Å²) in [5.74, 6) is 1.43. The summed E-state index contributed by atoms with van der Waals surface area (Å²) in [5.41, 5.74) is 10.3. The van der Waals surface area contributed by atoms with Crippen LogP contribution in [0.15, 0.2) is 42.5 Å². The third kappa shape index (κ3) is 7.67. The van der Waals surface area contributed by atoms with E-state index < -0.39 is 13.4 Å². The number of nitrogens with two attached hydrogens (primary N) is 1. The summed E-state index contributed by atoms with van der Waals surface area (Å²) in [6, 6.07) is 14.2. The minimum Gasteiger partial charge on any atom is -0.493 e. The van der Waals surface area contributed by atoms with Crippen molar-refractivity contribution in [1.29, 1.82) is 0 Å². The summed E-state index contributed by atoms with van der Waals surface area (Å²) in [5, 5.41) is 0. The van der Waals surface area contributed by atoms with Gasteiger partial charge in [0.05, 0.1) is 13.2 Å². The third-order valence-corrected chi connectivity index (χ3v) is 8.42. The molecule has 2 aliphatic rings. The van der Waals surface area contributed by atoms with Crippen LogP contribution in [0.1, 0.15) is 78.4 Å². The summed E-state index contributed by atoms with van der Waals surface area (Å²) in [4.78, 5) is 32.5. The lowest BCUT2D eigenvalue weighted by Crippen LogP contribution is -2.41. The van der Waals surface area contributed by atoms with Crippen LogP contribution < -0.4 is 10.5 Å². The number of nitrogens with zero attached hydrogens (tertiary/aromatic N) is 1. The zero-order valence-corrected chi connectivity index (χ0v) is 23.4. The summed E-state index contributed by atoms with van der Waals surface area (Å²) >= 11 is 0. The van der Waals surface area contributed by atoms with E-state index in [2.05, 4.69) is 25.1 Å². The van der Waals surface area contributed by atoms with Crippen LogP contribution >= 0.6 is 7.82 Å². The molecular weight excluding hydrogens is 503 g/mol. The molecule has 4 N–H and O–H groups in total. The van der Waals surface area contributed by atoms with Gasteiger partial charge >= 0.3 is 7.82 Å². The predicted molar refractivity (Wildman–Crippen MR) is 147 cm³/mol. The van der Waals surface area contributed by atoms with Crippen molar-refractivity contribution in [2.45, 2.75) is 69.7 Å². The number of hydrogen-bond donors (Lipinski definition) is 3. The lowest BCUT2D eigenvalue weighted by Gasteiger charge is -2.27. The van der Waals surface area contributed by atoms with Crippen molar-refractivity contribution in [3.63, 3.8) is 0 Å². The number of benzene rings is 2. The van der Waals surface area contributed by atoms with Crippen LogP contribution in [0.5, 0.6) is 5.75 Å². The molecule has 9 heteroatoms. The average Bonchev–Trinajstić information content (AvgIpc) is 3.30. The molecule has 0 unspecified atom stereocenters. The molecule has 2 aliphatic carbocycles. The molecule has 2 aromatic rings. The number of carbonyl (C=O) groups excluding carboxylic acids is 1. The number of amides is 1. The van der Waals surface area contributed by atoms with Crippen molar-refractivity contribution in [1.82, 2.24) is 4.90 Å². The van der Waals surface area contributed by atoms with Crippen molar-refractivity contribution in [3.05, 3.63) is 64.7 Å². The van der Waals surface area contributed by atoms with Crippen molar-refractivity contribution >= 4 is 13.7 Å². The predicted octanol–water partition coefficient (Wildman–Crippen LogP) is 4.82. The minimum atomic E-state index is -4.52. The first-order valence-corrected chi connectivity index (χ1v) is 15.2. The number of aryl methyl sites for hydroxylation is 1. The summed E-state index contributed by atoms with van der Waals surface area (Å²) in [7, 11) is -2.68. The van der Waals surface area contributed by atoms with Gasteiger partial charge in [-0.1, -0.05) is 37.6 Å². The highest BCUT2D eigenvalue weighted by atomic mass is 31.2. The fourth-order valence-electron chi connectivity index (χ4n) is 5.68. The van der Waals surface area contributed by atoms with Crippen molar-refractivity contribution in [2.75, 3.05) is 26.8 Å². The Morgan fingerprint density at radius 2 is 2.00 bits per heavy atom. The first-order chi connectivity index (χ1) is 18.0. The highest BCUT2D eigenvalue weighted by Gasteiger charge is 2.38. The van der Waals surface area contributed by atoms with Gasteiger partial charge in [0.2, 0.25) is 0 Å². The van der Waals surface area contributed by atoms with Crippen LogP contribution in [0.25, 0.3) is 0 Å². The van der Waals surface area contributed by atoms with Gasteiger partial charge in [-0.05, 0) is 91.7 Å². The second-order valence-corrected chi connectivity index (χ2v) is 12.4. The molecule has 1 fully saturated rings. The van der Waals surface area contributed by atoms with Gasteiger partial charge < -0.3 is 25.2 Å². The Morgan fingerprint density at radius 1 is 1.18 bits per heavy atom. The molecule has 0 radical (unpaired) electrons. The molecule has 8 nitrogen and oxygen atoms in total. The SMILES string of the molecule is CCCCN(C)C(=O)c1cccc(OC[C@@H]2CCc3cc([C@H]4CC[C@](N)(COP(=O)(O)O)C4)ccc3C2)c1. The molecule has 2 aromatic carbocycles. The molecular formula is C29H41N2O6P. The van der Waals surface area contributed by atoms with Gasteiger partial charge in [-0.2, -0.15) is 0 Å². The van der Waals surface area contributed by atoms with Gasteiger partial charge in [-0.3, -0.25) is 9.32 Å². The molecule has 0 aromatic heterocycles. The van der Waals surface area contributed by atoms with Gasteiger partial charge in [-0.25, -0.2) is 4.57 Å². The first kappa shape index (κ1) is 28.8. The smallest absolute Gasteiger partial charge is 0.469 e. The Labute approximate surface area is 225 Å². The van der Waals surface area contributed by atoms with Gasteiger partial charge in [0, 0.05) is 24.7 Å². The Morgan fingerprint density at radius 3 is 2.76 bits per heavy atom. The van der Waals surface area contributed by atoms with Crippen LogP contribution in [0.4, 0.5) is 0 Å². The van der Waals surface area contributed by atoms with Crippen LogP contribution in [0, 0.1) is 5.92 Å². The second kappa shape index (κ2) is 12.3. The normalized spacial score (nSPS) is 23.2. The average molecular weight is 545 g/mol. The minimum absolute atomic E-state index is 0.0229. The van der Waals surface area contributed by atoms with Crippen LogP contribution in [0.2, 0.25) is 0 Å². The Balaban J connectivity index is 1.31. The van der Waals surface area contributed by atoms with E-state index in [0.29, 0.717) is 30.9 Å². The molecule has 0 saturated heterocycles. The molecule has 4 rings (SSSR count). The van der Waals surface area contributed by atoms with E-state index in [0.717, 1.165) is 50.8 Å². The van der Waals surface area contributed by atoms with E-state index in [-0.39, 0.29) is 18.4 Å². The molecule has 0 bridgehead atoms. The summed E-state index contributed by atoms with van der Waals surface area (Å²) < 4.78 is 21.9. The van der Waals surface area contributed by atoms with E-state index in [1.54, 1.807) is 4.90 Å². The molecule has 0 aliphatic heterocycles. The van der Waals surface area contributed by atoms with E-state index in [9.17, 15) is 9.36 Å². The number of phosphoric acid groups is 1. The lowest BCUT2D eigenvalue weighted by atomic mass is 9.82. The van der Waals surface area contributed by atoms with Gasteiger partial charge in [0.1, 0.15) is 5.75 Å². The zero-order valence-electron chi connectivity index (χ0n) is 22.5. The zero-order chi connectivity index (χ0) is 27.3. The maximum Gasteiger partial charge on any atom is 0.469 e. The highest BCUT2D eigenvalue weighted by Crippen LogP contribution is 2.44. The maximum atomic E-state index is 12.7. The second-order valence-electron chi connectivity index (χ2n) is 11.1. The monoisotopic (exact) mass is 544 g/mol. The van der Waals surface area contributed by atoms with E-state index >= 15 is 0 Å². The Kier molecular flexibility index (Phi) is 9.32. The quantitative estimate of drug-likeness (QED) is 0.347. The molecule has 1 saturated carbocycles. The van der Waals surface area contributed by atoms with Gasteiger partial charge in [-0.15, -0.1) is 0 Å². The maximum absolute atomic E-state index is 12.7. The van der Waals surface area contributed by atoms with Crippen LogP contribution in [0.3, 0.4) is 0 Å². The summed E-state index contributed by atoms with van der Waals surface area (Å²) in [6.07, 6.45) is 7.23. The van der Waals surface area contributed by atoms with E-state index in [1.807, 2.05) is 31.3 Å². The van der Waals surface area contributed by atoms with Crippen molar-refractivity contribution in [2.24, 2.45) is 11.7 Å². The number of hydrogen-bond acceptors (Lipinski definition) is 5. The topological polar surface area (TPSA) is 122 Å². The number of unbranched alkanes of at least 4 members (excludes halogenated alkanes) is 1. The first-order valence-electron chi connectivity index (χ1n) is 13.6. The van der Waals surface area contributed by atoms with Gasteiger partial charge in [0.15, 0.2) is 0 Å². The number of carbonyl (C=O) groups is 1. The van der Waals surface area contributed by atoms with Gasteiger partial charge in [0.25, 0.3) is 5.91 Å². The molecule has 0 spiro atoms. The standard InChI is InChI=1S/C29H41N2O6P/c1-3-4-14-31(2)28(32)25-6-5-7-27(17-25)36-19-21-8-9-23-16-24(11-10-22(23)15-21)26-12-13-29(30,18-26)20-37-38(33,34)35/h5-7,10-11,16-17,21,26H,3-4,8-9,12-15,18-20,30H2,1-2H3,(H2,33,34,35)/t21-,26+,29-/m1/s1. The Hall–Kier alpha value is -2.22. The summed E-state index contributed by atoms with van der Waals surface area (Å²) in [6.45, 7) is 3.35. The number of phosphoric ester groups is 1. The number of rotatable bonds is 11. The third-order valence-electron chi connectivity index (χ3n) is 7.96. The Bertz CT molecular complexity index is 1170. The highest BCUT2D eigenvalue weighted by molar-refractivity contribution is 7.46. The largest absolute Gasteiger partial charge is 0.493 e. The molecule has 0 heterocycles. The fourth-order valence-corrected chi connectivity index (χ4v) is 6.11. The molecule has 3 atom stereocenters. The number of ether oxygens (including phenoxy) is 1. The fraction of sp³-hybridized carbons (Fsp3) is 0.552. The molecule has 38 heavy (non-hydrogen) atoms. The van der Waals surface area contributed by atoms with Crippen molar-refractivity contribution in [3.8, 4) is 5.75 Å². The van der Waals surface area contributed by atoms with Crippen molar-refractivity contribution < 1.29 is 28.4 Å². The van der Waals surface area contributed by atoms with E-state index in [4.69, 9.17) is 24.8 Å². The van der Waals surface area contributed by atoms with Crippen LogP contribution in [-0.4, -0.2) is 52.9 Å². The van der Waals surface area contributed by atoms with Crippen LogP contribution in [-0.2, 0) is 21.9 Å².